The molecule has 0 saturated carbocycles. The molecule has 0 rings (SSSR count). The van der Waals surface area contributed by atoms with Crippen molar-refractivity contribution in [1.82, 2.24) is 0 Å². The van der Waals surface area contributed by atoms with Gasteiger partial charge >= 0.3 is 17.9 Å². The highest BCUT2D eigenvalue weighted by Crippen LogP contribution is 2.10. The normalized spacial score (nSPS) is 13.8. The summed E-state index contributed by atoms with van der Waals surface area (Å²) in [4.78, 5) is 42.3. The lowest BCUT2D eigenvalue weighted by Gasteiger charge is -2.12. The number of aliphatic carboxylic acids is 3. The van der Waals surface area contributed by atoms with Gasteiger partial charge in [-0.2, -0.15) is 0 Å². The molecule has 0 aliphatic carbocycles. The molecule has 0 spiro atoms. The predicted octanol–water partition coefficient (Wildman–Crippen LogP) is -1.47. The molecule has 0 aromatic rings. The van der Waals surface area contributed by atoms with Gasteiger partial charge in [-0.3, -0.25) is 19.2 Å². The number of Topliss-reactive ketones (excluding diaryl/α,β-unsaturated/α-hetero) is 1. The van der Waals surface area contributed by atoms with Gasteiger partial charge in [-0.25, -0.2) is 0 Å². The molecule has 16 heavy (non-hydrogen) atoms. The predicted molar refractivity (Wildman–Crippen MR) is 48.6 cm³/mol. The van der Waals surface area contributed by atoms with Gasteiger partial charge in [-0.15, -0.1) is 0 Å². The van der Waals surface area contributed by atoms with Gasteiger partial charge in [0.25, 0.3) is 0 Å². The summed E-state index contributed by atoms with van der Waals surface area (Å²) in [5.41, 5.74) is 5.06. The SMILES string of the molecule is N[C@@H](CC(C(=O)O)C(=O)CC(=O)O)C(=O)O. The van der Waals surface area contributed by atoms with Crippen molar-refractivity contribution in [3.63, 3.8) is 0 Å². The molecule has 0 fully saturated rings. The van der Waals surface area contributed by atoms with Gasteiger partial charge in [0.1, 0.15) is 18.4 Å². The molecule has 0 saturated heterocycles. The molecule has 0 radical (unpaired) electrons. The molecule has 0 aliphatic heterocycles. The van der Waals surface area contributed by atoms with Crippen molar-refractivity contribution in [3.05, 3.63) is 0 Å². The summed E-state index contributed by atoms with van der Waals surface area (Å²) in [7, 11) is 0. The summed E-state index contributed by atoms with van der Waals surface area (Å²) in [6, 6.07) is -1.51. The van der Waals surface area contributed by atoms with Gasteiger partial charge in [0.05, 0.1) is 0 Å². The number of nitrogens with two attached hydrogens (primary N) is 1. The van der Waals surface area contributed by atoms with E-state index in [0.717, 1.165) is 0 Å². The van der Waals surface area contributed by atoms with E-state index < -0.39 is 48.5 Å². The van der Waals surface area contributed by atoms with Gasteiger partial charge in [0.2, 0.25) is 0 Å². The zero-order valence-electron chi connectivity index (χ0n) is 8.12. The first-order chi connectivity index (χ1) is 7.25. The Morgan fingerprint density at radius 1 is 1.00 bits per heavy atom. The number of carboxylic acids is 3. The summed E-state index contributed by atoms with van der Waals surface area (Å²) in [5.74, 6) is -7.28. The fraction of sp³-hybridized carbons (Fsp3) is 0.500. The van der Waals surface area contributed by atoms with Crippen LogP contribution in [-0.4, -0.2) is 45.1 Å². The average Bonchev–Trinajstić information content (AvgIpc) is 2.11. The summed E-state index contributed by atoms with van der Waals surface area (Å²) in [6.07, 6.45) is -1.60. The highest BCUT2D eigenvalue weighted by Gasteiger charge is 2.31. The maximum absolute atomic E-state index is 11.1. The highest BCUT2D eigenvalue weighted by molar-refractivity contribution is 6.05. The van der Waals surface area contributed by atoms with E-state index in [0.29, 0.717) is 0 Å². The third-order valence-electron chi connectivity index (χ3n) is 1.82. The first kappa shape index (κ1) is 14.0. The summed E-state index contributed by atoms with van der Waals surface area (Å²) >= 11 is 0. The second-order valence-corrected chi connectivity index (χ2v) is 3.11. The van der Waals surface area contributed by atoms with Crippen LogP contribution in [-0.2, 0) is 19.2 Å². The maximum Gasteiger partial charge on any atom is 0.320 e. The van der Waals surface area contributed by atoms with E-state index in [1.165, 1.54) is 0 Å². The number of hydrogen-bond acceptors (Lipinski definition) is 5. The Bertz CT molecular complexity index is 324. The van der Waals surface area contributed by atoms with E-state index in [1.807, 2.05) is 0 Å². The quantitative estimate of drug-likeness (QED) is 0.388. The van der Waals surface area contributed by atoms with Crippen molar-refractivity contribution in [2.24, 2.45) is 11.7 Å². The van der Waals surface area contributed by atoms with E-state index in [-0.39, 0.29) is 0 Å². The minimum atomic E-state index is -1.71. The van der Waals surface area contributed by atoms with Gasteiger partial charge in [0, 0.05) is 0 Å². The molecular formula is C8H11NO7. The fourth-order valence-corrected chi connectivity index (χ4v) is 0.997. The second-order valence-electron chi connectivity index (χ2n) is 3.11. The van der Waals surface area contributed by atoms with E-state index >= 15 is 0 Å². The molecule has 0 aliphatic rings. The number of hydrogen-bond donors (Lipinski definition) is 4. The van der Waals surface area contributed by atoms with Crippen molar-refractivity contribution in [2.45, 2.75) is 18.9 Å². The number of rotatable bonds is 7. The van der Waals surface area contributed by atoms with Crippen LogP contribution in [0.1, 0.15) is 12.8 Å². The topological polar surface area (TPSA) is 155 Å². The van der Waals surface area contributed by atoms with Crippen molar-refractivity contribution in [1.29, 1.82) is 0 Å². The number of carbonyl (C=O) groups excluding carboxylic acids is 1. The molecule has 0 heterocycles. The monoisotopic (exact) mass is 233 g/mol. The van der Waals surface area contributed by atoms with Gasteiger partial charge in [0.15, 0.2) is 5.78 Å². The Morgan fingerprint density at radius 2 is 1.50 bits per heavy atom. The number of ketones is 1. The van der Waals surface area contributed by atoms with Crippen LogP contribution in [0.5, 0.6) is 0 Å². The first-order valence-electron chi connectivity index (χ1n) is 4.21. The third-order valence-corrected chi connectivity index (χ3v) is 1.82. The molecule has 0 bridgehead atoms. The Balaban J connectivity index is 4.62. The van der Waals surface area contributed by atoms with Crippen LogP contribution in [0.2, 0.25) is 0 Å². The van der Waals surface area contributed by atoms with Crippen molar-refractivity contribution >= 4 is 23.7 Å². The zero-order chi connectivity index (χ0) is 12.9. The minimum absolute atomic E-state index is 0.628. The van der Waals surface area contributed by atoms with Crippen LogP contribution in [0.4, 0.5) is 0 Å². The smallest absolute Gasteiger partial charge is 0.320 e. The largest absolute Gasteiger partial charge is 0.481 e. The molecule has 2 atom stereocenters. The third kappa shape index (κ3) is 4.51. The van der Waals surface area contributed by atoms with E-state index in [9.17, 15) is 19.2 Å². The Hall–Kier alpha value is -1.96. The van der Waals surface area contributed by atoms with Crippen LogP contribution >= 0.6 is 0 Å². The minimum Gasteiger partial charge on any atom is -0.481 e. The van der Waals surface area contributed by atoms with Crippen LogP contribution in [0, 0.1) is 5.92 Å². The zero-order valence-corrected chi connectivity index (χ0v) is 8.12. The number of carboxylic acid groups (broad SMARTS) is 3. The van der Waals surface area contributed by atoms with E-state index in [1.54, 1.807) is 0 Å². The van der Waals surface area contributed by atoms with Gasteiger partial charge in [-0.05, 0) is 6.42 Å². The lowest BCUT2D eigenvalue weighted by atomic mass is 9.94. The van der Waals surface area contributed by atoms with Gasteiger partial charge < -0.3 is 21.1 Å². The average molecular weight is 233 g/mol. The molecular weight excluding hydrogens is 222 g/mol. The molecule has 0 aromatic carbocycles. The fourth-order valence-electron chi connectivity index (χ4n) is 0.997. The molecule has 8 nitrogen and oxygen atoms in total. The van der Waals surface area contributed by atoms with E-state index in [4.69, 9.17) is 21.1 Å². The molecule has 5 N–H and O–H groups in total. The highest BCUT2D eigenvalue weighted by atomic mass is 16.4. The molecule has 90 valence electrons. The standard InChI is InChI=1S/C8H11NO7/c9-4(8(15)16)1-3(7(13)14)5(10)2-6(11)12/h3-4H,1-2,9H2,(H,11,12)(H,13,14)(H,15,16)/t3?,4-/m0/s1. The van der Waals surface area contributed by atoms with E-state index in [2.05, 4.69) is 0 Å². The summed E-state index contributed by atoms with van der Waals surface area (Å²) in [5, 5.41) is 25.4. The Kier molecular flexibility index (Phi) is 5.10. The van der Waals surface area contributed by atoms with Crippen molar-refractivity contribution < 1.29 is 34.5 Å². The first-order valence-corrected chi connectivity index (χ1v) is 4.21. The van der Waals surface area contributed by atoms with Gasteiger partial charge in [-0.1, -0.05) is 0 Å². The van der Waals surface area contributed by atoms with Crippen LogP contribution in [0.25, 0.3) is 0 Å². The lowest BCUT2D eigenvalue weighted by Crippen LogP contribution is -2.37. The van der Waals surface area contributed by atoms with Crippen LogP contribution < -0.4 is 5.73 Å². The van der Waals surface area contributed by atoms with Crippen molar-refractivity contribution in [2.75, 3.05) is 0 Å². The molecule has 0 amide bonds. The second kappa shape index (κ2) is 5.81. The number of carbonyl (C=O) groups is 4. The maximum atomic E-state index is 11.1. The Labute approximate surface area is 89.7 Å². The lowest BCUT2D eigenvalue weighted by molar-refractivity contribution is -0.149. The van der Waals surface area contributed by atoms with Crippen LogP contribution in [0.3, 0.4) is 0 Å². The summed E-state index contributed by atoms with van der Waals surface area (Å²) < 4.78 is 0. The molecule has 1 unspecified atom stereocenters. The Morgan fingerprint density at radius 3 is 1.81 bits per heavy atom. The van der Waals surface area contributed by atoms with Crippen molar-refractivity contribution in [3.8, 4) is 0 Å². The summed E-state index contributed by atoms with van der Waals surface area (Å²) in [6.45, 7) is 0. The van der Waals surface area contributed by atoms with Crippen LogP contribution in [0.15, 0.2) is 0 Å². The molecule has 0 aromatic heterocycles. The molecule has 8 heteroatoms.